The first kappa shape index (κ1) is 18.0. The minimum Gasteiger partial charge on any atom is -0.282 e. The van der Waals surface area contributed by atoms with Crippen molar-refractivity contribution in [2.45, 2.75) is 63.7 Å². The van der Waals surface area contributed by atoms with Gasteiger partial charge in [0.05, 0.1) is 0 Å². The summed E-state index contributed by atoms with van der Waals surface area (Å²) < 4.78 is 34.0. The molecule has 23 heavy (non-hydrogen) atoms. The van der Waals surface area contributed by atoms with Crippen molar-refractivity contribution >= 4 is 20.9 Å². The summed E-state index contributed by atoms with van der Waals surface area (Å²) in [5.41, 5.74) is 1.86. The van der Waals surface area contributed by atoms with Gasteiger partial charge in [0.2, 0.25) is 0 Å². The van der Waals surface area contributed by atoms with E-state index in [0.717, 1.165) is 55.0 Å². The molecule has 0 aliphatic rings. The van der Waals surface area contributed by atoms with Crippen molar-refractivity contribution in [3.8, 4) is 0 Å². The van der Waals surface area contributed by atoms with Gasteiger partial charge < -0.3 is 0 Å². The normalized spacial score (nSPS) is 12.0. The van der Waals surface area contributed by atoms with Crippen LogP contribution in [0, 0.1) is 0 Å². The van der Waals surface area contributed by atoms with Crippen molar-refractivity contribution < 1.29 is 13.0 Å². The van der Waals surface area contributed by atoms with E-state index in [1.807, 2.05) is 18.2 Å². The molecule has 126 valence electrons. The average Bonchev–Trinajstić information content (AvgIpc) is 2.50. The maximum atomic E-state index is 12.1. The molecule has 3 nitrogen and oxygen atoms in total. The Morgan fingerprint density at radius 3 is 2.35 bits per heavy atom. The van der Waals surface area contributed by atoms with Gasteiger partial charge in [-0.05, 0) is 35.8 Å². The molecule has 0 atom stereocenters. The van der Waals surface area contributed by atoms with Crippen LogP contribution in [0.15, 0.2) is 35.2 Å². The Morgan fingerprint density at radius 2 is 1.70 bits per heavy atom. The lowest BCUT2D eigenvalue weighted by atomic mass is 9.94. The van der Waals surface area contributed by atoms with Crippen molar-refractivity contribution in [3.63, 3.8) is 0 Å². The van der Waals surface area contributed by atoms with Crippen LogP contribution in [0.2, 0.25) is 0 Å². The van der Waals surface area contributed by atoms with Gasteiger partial charge in [0.1, 0.15) is 4.90 Å². The molecular formula is C19H26O3S. The van der Waals surface area contributed by atoms with E-state index in [-0.39, 0.29) is 4.90 Å². The summed E-state index contributed by atoms with van der Waals surface area (Å²) in [6.45, 7) is 4.24. The Morgan fingerprint density at radius 1 is 0.957 bits per heavy atom. The van der Waals surface area contributed by atoms with Crippen LogP contribution >= 0.6 is 0 Å². The molecule has 0 aliphatic heterocycles. The zero-order chi connectivity index (χ0) is 16.9. The number of aryl methyl sites for hydroxylation is 1. The number of hydrogen-bond acceptors (Lipinski definition) is 2. The highest BCUT2D eigenvalue weighted by Gasteiger charge is 2.22. The summed E-state index contributed by atoms with van der Waals surface area (Å²) in [6, 6.07) is 9.49. The highest BCUT2D eigenvalue weighted by molar-refractivity contribution is 7.86. The quantitative estimate of drug-likeness (QED) is 0.536. The topological polar surface area (TPSA) is 54.4 Å². The molecule has 0 saturated carbocycles. The van der Waals surface area contributed by atoms with E-state index < -0.39 is 10.1 Å². The summed E-state index contributed by atoms with van der Waals surface area (Å²) in [5, 5.41) is 1.50. The summed E-state index contributed by atoms with van der Waals surface area (Å²) in [5.74, 6) is 0. The summed E-state index contributed by atoms with van der Waals surface area (Å²) in [7, 11) is -4.24. The molecule has 2 aromatic carbocycles. The summed E-state index contributed by atoms with van der Waals surface area (Å²) in [4.78, 5) is 0.121. The predicted octanol–water partition coefficient (Wildman–Crippen LogP) is 5.16. The third kappa shape index (κ3) is 4.33. The zero-order valence-electron chi connectivity index (χ0n) is 14.0. The number of hydrogen-bond donors (Lipinski definition) is 1. The van der Waals surface area contributed by atoms with Crippen LogP contribution in [0.25, 0.3) is 10.8 Å². The van der Waals surface area contributed by atoms with Gasteiger partial charge in [0.25, 0.3) is 10.1 Å². The van der Waals surface area contributed by atoms with Gasteiger partial charge in [-0.3, -0.25) is 4.55 Å². The molecule has 0 aromatic heterocycles. The standard InChI is InChI=1S/C19H26O3S/c1-3-5-6-7-12-17-15(10-4-2)14-16-11-8-9-13-18(16)19(17)23(20,21)22/h8-9,11,13-14H,3-7,10,12H2,1-2H3,(H,20,21,22). The largest absolute Gasteiger partial charge is 0.295 e. The van der Waals surface area contributed by atoms with E-state index in [4.69, 9.17) is 0 Å². The van der Waals surface area contributed by atoms with E-state index in [9.17, 15) is 13.0 Å². The first-order valence-corrected chi connectivity index (χ1v) is 9.94. The van der Waals surface area contributed by atoms with Crippen molar-refractivity contribution in [1.29, 1.82) is 0 Å². The lowest BCUT2D eigenvalue weighted by molar-refractivity contribution is 0.482. The second kappa shape index (κ2) is 7.93. The van der Waals surface area contributed by atoms with Gasteiger partial charge in [-0.25, -0.2) is 0 Å². The SMILES string of the molecule is CCCCCCc1c(CCC)cc2ccccc2c1S(=O)(=O)O. The van der Waals surface area contributed by atoms with Gasteiger partial charge >= 0.3 is 0 Å². The summed E-state index contributed by atoms with van der Waals surface area (Å²) >= 11 is 0. The predicted molar refractivity (Wildman–Crippen MR) is 95.6 cm³/mol. The van der Waals surface area contributed by atoms with Crippen LogP contribution in [0.5, 0.6) is 0 Å². The fourth-order valence-electron chi connectivity index (χ4n) is 3.20. The Bertz CT molecular complexity index is 764. The van der Waals surface area contributed by atoms with E-state index in [1.165, 1.54) is 0 Å². The Kier molecular flexibility index (Phi) is 6.19. The molecule has 2 rings (SSSR count). The van der Waals surface area contributed by atoms with E-state index in [1.54, 1.807) is 6.07 Å². The molecule has 4 heteroatoms. The second-order valence-electron chi connectivity index (χ2n) is 6.10. The van der Waals surface area contributed by atoms with Crippen LogP contribution in [-0.2, 0) is 23.0 Å². The lowest BCUT2D eigenvalue weighted by Crippen LogP contribution is -2.08. The van der Waals surface area contributed by atoms with Crippen LogP contribution in [0.4, 0.5) is 0 Å². The maximum Gasteiger partial charge on any atom is 0.295 e. The van der Waals surface area contributed by atoms with Crippen molar-refractivity contribution in [2.75, 3.05) is 0 Å². The molecule has 0 amide bonds. The first-order chi connectivity index (χ1) is 11.0. The van der Waals surface area contributed by atoms with Gasteiger partial charge in [-0.1, -0.05) is 69.9 Å². The number of benzene rings is 2. The van der Waals surface area contributed by atoms with E-state index >= 15 is 0 Å². The molecule has 0 aliphatic carbocycles. The van der Waals surface area contributed by atoms with Crippen LogP contribution in [0.1, 0.15) is 57.1 Å². The lowest BCUT2D eigenvalue weighted by Gasteiger charge is -2.16. The van der Waals surface area contributed by atoms with Crippen molar-refractivity contribution in [2.24, 2.45) is 0 Å². The van der Waals surface area contributed by atoms with Gasteiger partial charge in [0, 0.05) is 5.39 Å². The number of fused-ring (bicyclic) bond motifs is 1. The molecule has 2 aromatic rings. The van der Waals surface area contributed by atoms with Gasteiger partial charge in [-0.15, -0.1) is 0 Å². The van der Waals surface area contributed by atoms with Gasteiger partial charge in [-0.2, -0.15) is 8.42 Å². The second-order valence-corrected chi connectivity index (χ2v) is 7.46. The summed E-state index contributed by atoms with van der Waals surface area (Å²) in [6.07, 6.45) is 6.81. The molecule has 0 saturated heterocycles. The highest BCUT2D eigenvalue weighted by Crippen LogP contribution is 2.32. The Labute approximate surface area is 139 Å². The molecule has 1 N–H and O–H groups in total. The van der Waals surface area contributed by atoms with Crippen LogP contribution in [0.3, 0.4) is 0 Å². The van der Waals surface area contributed by atoms with Crippen molar-refractivity contribution in [1.82, 2.24) is 0 Å². The monoisotopic (exact) mass is 334 g/mol. The average molecular weight is 334 g/mol. The zero-order valence-corrected chi connectivity index (χ0v) is 14.8. The number of unbranched alkanes of at least 4 members (excludes halogenated alkanes) is 3. The molecular weight excluding hydrogens is 308 g/mol. The molecule has 0 heterocycles. The third-order valence-electron chi connectivity index (χ3n) is 4.25. The molecule has 0 spiro atoms. The molecule has 0 radical (unpaired) electrons. The minimum absolute atomic E-state index is 0.121. The fourth-order valence-corrected chi connectivity index (χ4v) is 4.21. The van der Waals surface area contributed by atoms with Gasteiger partial charge in [0.15, 0.2) is 0 Å². The fraction of sp³-hybridized carbons (Fsp3) is 0.474. The smallest absolute Gasteiger partial charge is 0.282 e. The molecule has 0 unspecified atom stereocenters. The maximum absolute atomic E-state index is 12.1. The van der Waals surface area contributed by atoms with E-state index in [0.29, 0.717) is 11.8 Å². The van der Waals surface area contributed by atoms with E-state index in [2.05, 4.69) is 19.9 Å². The third-order valence-corrected chi connectivity index (χ3v) is 5.24. The number of rotatable bonds is 8. The first-order valence-electron chi connectivity index (χ1n) is 8.50. The van der Waals surface area contributed by atoms with Crippen LogP contribution < -0.4 is 0 Å². The molecule has 0 bridgehead atoms. The highest BCUT2D eigenvalue weighted by atomic mass is 32.2. The Balaban J connectivity index is 2.60. The van der Waals surface area contributed by atoms with Crippen molar-refractivity contribution in [3.05, 3.63) is 41.5 Å². The minimum atomic E-state index is -4.24. The molecule has 0 fully saturated rings. The Hall–Kier alpha value is -1.39. The van der Waals surface area contributed by atoms with Crippen LogP contribution in [-0.4, -0.2) is 13.0 Å².